The van der Waals surface area contributed by atoms with Gasteiger partial charge < -0.3 is 9.84 Å². The van der Waals surface area contributed by atoms with Gasteiger partial charge in [0, 0.05) is 13.2 Å². The SMILES string of the molecule is OCCCCCCCOCc1ccccc1. The minimum atomic E-state index is 0.324. The highest BCUT2D eigenvalue weighted by Gasteiger charge is 1.93. The lowest BCUT2D eigenvalue weighted by Crippen LogP contribution is -1.95. The quantitative estimate of drug-likeness (QED) is 0.650. The molecule has 0 atom stereocenters. The van der Waals surface area contributed by atoms with E-state index in [0.717, 1.165) is 32.5 Å². The molecule has 0 spiro atoms. The summed E-state index contributed by atoms with van der Waals surface area (Å²) in [6.45, 7) is 1.88. The molecule has 0 amide bonds. The second-order valence-corrected chi connectivity index (χ2v) is 4.03. The van der Waals surface area contributed by atoms with Crippen LogP contribution in [0.3, 0.4) is 0 Å². The van der Waals surface area contributed by atoms with Crippen LogP contribution >= 0.6 is 0 Å². The van der Waals surface area contributed by atoms with Crippen molar-refractivity contribution >= 4 is 0 Å². The number of benzene rings is 1. The van der Waals surface area contributed by atoms with E-state index in [1.165, 1.54) is 18.4 Å². The molecule has 0 aliphatic rings. The number of aliphatic hydroxyl groups excluding tert-OH is 1. The molecule has 1 rings (SSSR count). The second kappa shape index (κ2) is 9.37. The Balaban J connectivity index is 1.89. The summed E-state index contributed by atoms with van der Waals surface area (Å²) < 4.78 is 5.58. The van der Waals surface area contributed by atoms with E-state index in [-0.39, 0.29) is 0 Å². The van der Waals surface area contributed by atoms with E-state index in [0.29, 0.717) is 6.61 Å². The van der Waals surface area contributed by atoms with Crippen LogP contribution in [0.2, 0.25) is 0 Å². The predicted molar refractivity (Wildman–Crippen MR) is 66.3 cm³/mol. The van der Waals surface area contributed by atoms with Gasteiger partial charge in [-0.15, -0.1) is 0 Å². The Hall–Kier alpha value is -0.860. The monoisotopic (exact) mass is 222 g/mol. The first-order valence-electron chi connectivity index (χ1n) is 6.16. The number of rotatable bonds is 9. The molecule has 0 bridgehead atoms. The highest BCUT2D eigenvalue weighted by Crippen LogP contribution is 2.04. The first-order chi connectivity index (χ1) is 7.93. The number of hydrogen-bond acceptors (Lipinski definition) is 2. The van der Waals surface area contributed by atoms with Crippen LogP contribution in [0.5, 0.6) is 0 Å². The lowest BCUT2D eigenvalue weighted by molar-refractivity contribution is 0.116. The van der Waals surface area contributed by atoms with Crippen molar-refractivity contribution in [1.29, 1.82) is 0 Å². The topological polar surface area (TPSA) is 29.5 Å². The van der Waals surface area contributed by atoms with E-state index < -0.39 is 0 Å². The Morgan fingerprint density at radius 1 is 0.875 bits per heavy atom. The van der Waals surface area contributed by atoms with Gasteiger partial charge in [0.1, 0.15) is 0 Å². The van der Waals surface area contributed by atoms with Gasteiger partial charge in [-0.25, -0.2) is 0 Å². The molecule has 1 N–H and O–H groups in total. The third kappa shape index (κ3) is 6.59. The highest BCUT2D eigenvalue weighted by atomic mass is 16.5. The lowest BCUT2D eigenvalue weighted by Gasteiger charge is -2.04. The second-order valence-electron chi connectivity index (χ2n) is 4.03. The third-order valence-electron chi connectivity index (χ3n) is 2.56. The Morgan fingerprint density at radius 3 is 2.31 bits per heavy atom. The van der Waals surface area contributed by atoms with E-state index >= 15 is 0 Å². The summed E-state index contributed by atoms with van der Waals surface area (Å²) in [5, 5.41) is 8.61. The first-order valence-corrected chi connectivity index (χ1v) is 6.16. The van der Waals surface area contributed by atoms with Gasteiger partial charge in [0.05, 0.1) is 6.61 Å². The van der Waals surface area contributed by atoms with Crippen molar-refractivity contribution in [3.63, 3.8) is 0 Å². The fourth-order valence-corrected chi connectivity index (χ4v) is 1.61. The van der Waals surface area contributed by atoms with E-state index in [1.54, 1.807) is 0 Å². The zero-order valence-electron chi connectivity index (χ0n) is 9.90. The molecule has 2 heteroatoms. The van der Waals surface area contributed by atoms with Crippen molar-refractivity contribution in [3.8, 4) is 0 Å². The summed E-state index contributed by atoms with van der Waals surface area (Å²) in [6, 6.07) is 10.3. The zero-order chi connectivity index (χ0) is 11.5. The molecule has 0 radical (unpaired) electrons. The first kappa shape index (κ1) is 13.2. The van der Waals surface area contributed by atoms with Crippen LogP contribution in [0.15, 0.2) is 30.3 Å². The largest absolute Gasteiger partial charge is 0.396 e. The molecular formula is C14H22O2. The average molecular weight is 222 g/mol. The Labute approximate surface area is 98.3 Å². The molecule has 16 heavy (non-hydrogen) atoms. The molecule has 0 aliphatic carbocycles. The molecular weight excluding hydrogens is 200 g/mol. The van der Waals surface area contributed by atoms with Crippen LogP contribution in [0.4, 0.5) is 0 Å². The molecule has 0 fully saturated rings. The van der Waals surface area contributed by atoms with Crippen LogP contribution in [-0.2, 0) is 11.3 Å². The van der Waals surface area contributed by atoms with Crippen molar-refractivity contribution < 1.29 is 9.84 Å². The summed E-state index contributed by atoms with van der Waals surface area (Å²) in [7, 11) is 0. The van der Waals surface area contributed by atoms with Gasteiger partial charge in [-0.1, -0.05) is 49.6 Å². The Kier molecular flexibility index (Phi) is 7.74. The van der Waals surface area contributed by atoms with Gasteiger partial charge in [-0.05, 0) is 18.4 Å². The number of ether oxygens (including phenoxy) is 1. The smallest absolute Gasteiger partial charge is 0.0716 e. The normalized spacial score (nSPS) is 10.6. The Bertz CT molecular complexity index is 246. The number of unbranched alkanes of at least 4 members (excludes halogenated alkanes) is 4. The van der Waals surface area contributed by atoms with Gasteiger partial charge in [0.15, 0.2) is 0 Å². The maximum absolute atomic E-state index is 8.61. The molecule has 0 aromatic heterocycles. The maximum Gasteiger partial charge on any atom is 0.0716 e. The molecule has 2 nitrogen and oxygen atoms in total. The average Bonchev–Trinajstić information content (AvgIpc) is 2.34. The fourth-order valence-electron chi connectivity index (χ4n) is 1.61. The van der Waals surface area contributed by atoms with Crippen molar-refractivity contribution in [2.24, 2.45) is 0 Å². The predicted octanol–water partition coefficient (Wildman–Crippen LogP) is 3.15. The maximum atomic E-state index is 8.61. The van der Waals surface area contributed by atoms with Gasteiger partial charge in [-0.3, -0.25) is 0 Å². The molecule has 0 aliphatic heterocycles. The van der Waals surface area contributed by atoms with E-state index in [9.17, 15) is 0 Å². The van der Waals surface area contributed by atoms with Crippen LogP contribution in [0.25, 0.3) is 0 Å². The summed E-state index contributed by atoms with van der Waals surface area (Å²) in [4.78, 5) is 0. The van der Waals surface area contributed by atoms with Crippen molar-refractivity contribution in [3.05, 3.63) is 35.9 Å². The molecule has 0 heterocycles. The molecule has 90 valence electrons. The molecule has 1 aromatic rings. The van der Waals surface area contributed by atoms with Gasteiger partial charge in [-0.2, -0.15) is 0 Å². The number of aliphatic hydroxyl groups is 1. The van der Waals surface area contributed by atoms with E-state index in [4.69, 9.17) is 9.84 Å². The Morgan fingerprint density at radius 2 is 1.56 bits per heavy atom. The molecule has 1 aromatic carbocycles. The number of hydrogen-bond donors (Lipinski definition) is 1. The van der Waals surface area contributed by atoms with E-state index in [2.05, 4.69) is 12.1 Å². The molecule has 0 saturated carbocycles. The van der Waals surface area contributed by atoms with Gasteiger partial charge >= 0.3 is 0 Å². The van der Waals surface area contributed by atoms with Crippen LogP contribution < -0.4 is 0 Å². The van der Waals surface area contributed by atoms with Crippen LogP contribution in [-0.4, -0.2) is 18.3 Å². The van der Waals surface area contributed by atoms with Gasteiger partial charge in [0.2, 0.25) is 0 Å². The van der Waals surface area contributed by atoms with Crippen LogP contribution in [0, 0.1) is 0 Å². The minimum absolute atomic E-state index is 0.324. The van der Waals surface area contributed by atoms with Crippen molar-refractivity contribution in [2.45, 2.75) is 38.7 Å². The molecule has 0 unspecified atom stereocenters. The minimum Gasteiger partial charge on any atom is -0.396 e. The standard InChI is InChI=1S/C14H22O2/c15-11-7-2-1-3-8-12-16-13-14-9-5-4-6-10-14/h4-6,9-10,15H,1-3,7-8,11-13H2. The van der Waals surface area contributed by atoms with Crippen molar-refractivity contribution in [1.82, 2.24) is 0 Å². The van der Waals surface area contributed by atoms with Crippen molar-refractivity contribution in [2.75, 3.05) is 13.2 Å². The zero-order valence-corrected chi connectivity index (χ0v) is 9.90. The molecule has 0 saturated heterocycles. The highest BCUT2D eigenvalue weighted by molar-refractivity contribution is 5.13. The fraction of sp³-hybridized carbons (Fsp3) is 0.571. The third-order valence-corrected chi connectivity index (χ3v) is 2.56. The lowest BCUT2D eigenvalue weighted by atomic mass is 10.1. The summed E-state index contributed by atoms with van der Waals surface area (Å²) in [5.41, 5.74) is 1.24. The summed E-state index contributed by atoms with van der Waals surface area (Å²) in [5.74, 6) is 0. The summed E-state index contributed by atoms with van der Waals surface area (Å²) in [6.07, 6.45) is 5.60. The van der Waals surface area contributed by atoms with Gasteiger partial charge in [0.25, 0.3) is 0 Å². The summed E-state index contributed by atoms with van der Waals surface area (Å²) >= 11 is 0. The van der Waals surface area contributed by atoms with E-state index in [1.807, 2.05) is 18.2 Å². The van der Waals surface area contributed by atoms with Crippen LogP contribution in [0.1, 0.15) is 37.7 Å².